The van der Waals surface area contributed by atoms with Crippen LogP contribution in [0.3, 0.4) is 0 Å². The summed E-state index contributed by atoms with van der Waals surface area (Å²) in [7, 11) is -2.38. The minimum Gasteiger partial charge on any atom is -0.491 e. The number of ether oxygens (including phenoxy) is 3. The lowest BCUT2D eigenvalue weighted by Gasteiger charge is -2.37. The van der Waals surface area contributed by atoms with Crippen LogP contribution >= 0.6 is 11.6 Å². The van der Waals surface area contributed by atoms with Crippen molar-refractivity contribution in [2.24, 2.45) is 7.05 Å². The number of sulfone groups is 1. The lowest BCUT2D eigenvalue weighted by Crippen LogP contribution is -2.46. The molecule has 0 N–H and O–H groups in total. The SMILES string of the molecule is CCC(C)n1ncn(-c2ccc(N3CCN(c4ccc(OC[C@@H]5CO[C@@](CS(=O)(=O)c6nncn6C)(c6ccc(Cl)cc6)O5)cc4)CC3)cc2)c1=O. The number of hydrogen-bond acceptors (Lipinski definition) is 11. The number of anilines is 2. The first-order valence-electron chi connectivity index (χ1n) is 17.2. The van der Waals surface area contributed by atoms with Gasteiger partial charge in [0.05, 0.1) is 18.3 Å². The Morgan fingerprint density at radius 3 is 2.13 bits per heavy atom. The second-order valence-electron chi connectivity index (χ2n) is 13.1. The highest BCUT2D eigenvalue weighted by atomic mass is 35.5. The van der Waals surface area contributed by atoms with Crippen molar-refractivity contribution in [1.29, 1.82) is 0 Å². The molecule has 0 amide bonds. The number of halogens is 1. The molecule has 4 heterocycles. The van der Waals surface area contributed by atoms with Crippen LogP contribution in [0.5, 0.6) is 5.75 Å². The van der Waals surface area contributed by atoms with E-state index in [-0.39, 0.29) is 30.1 Å². The molecular formula is C36H41ClN8O6S. The van der Waals surface area contributed by atoms with Gasteiger partial charge < -0.3 is 28.6 Å². The number of rotatable bonds is 12. The Labute approximate surface area is 307 Å². The summed E-state index contributed by atoms with van der Waals surface area (Å²) in [5.41, 5.74) is 3.39. The van der Waals surface area contributed by atoms with E-state index in [9.17, 15) is 13.2 Å². The van der Waals surface area contributed by atoms with Crippen LogP contribution < -0.4 is 20.2 Å². The number of piperazine rings is 1. The Kier molecular flexibility index (Phi) is 10.1. The molecule has 1 unspecified atom stereocenters. The molecule has 3 atom stereocenters. The molecule has 2 aromatic heterocycles. The van der Waals surface area contributed by atoms with Gasteiger partial charge >= 0.3 is 5.69 Å². The quantitative estimate of drug-likeness (QED) is 0.181. The van der Waals surface area contributed by atoms with Crippen molar-refractivity contribution in [3.05, 3.63) is 107 Å². The van der Waals surface area contributed by atoms with Crippen molar-refractivity contribution < 1.29 is 22.6 Å². The summed E-state index contributed by atoms with van der Waals surface area (Å²) >= 11 is 6.12. The zero-order valence-electron chi connectivity index (χ0n) is 29.2. The summed E-state index contributed by atoms with van der Waals surface area (Å²) in [6, 6.07) is 22.7. The fraction of sp³-hybridized carbons (Fsp3) is 0.389. The molecule has 0 aliphatic carbocycles. The molecule has 0 spiro atoms. The monoisotopic (exact) mass is 748 g/mol. The first-order chi connectivity index (χ1) is 25.0. The summed E-state index contributed by atoms with van der Waals surface area (Å²) in [5.74, 6) is -1.41. The molecule has 2 fully saturated rings. The zero-order valence-corrected chi connectivity index (χ0v) is 30.8. The average molecular weight is 749 g/mol. The maximum atomic E-state index is 13.4. The van der Waals surface area contributed by atoms with Gasteiger partial charge in [0.1, 0.15) is 36.9 Å². The van der Waals surface area contributed by atoms with E-state index in [1.807, 2.05) is 50.2 Å². The molecule has 5 aromatic rings. The molecule has 3 aromatic carbocycles. The van der Waals surface area contributed by atoms with Crippen LogP contribution in [0, 0.1) is 0 Å². The van der Waals surface area contributed by atoms with Crippen LogP contribution in [-0.4, -0.2) is 88.8 Å². The Hall–Kier alpha value is -4.70. The van der Waals surface area contributed by atoms with Crippen LogP contribution in [0.1, 0.15) is 31.9 Å². The molecule has 0 saturated carbocycles. The second-order valence-corrected chi connectivity index (χ2v) is 15.4. The van der Waals surface area contributed by atoms with Crippen LogP contribution in [0.15, 0.2) is 95.4 Å². The lowest BCUT2D eigenvalue weighted by atomic mass is 10.1. The minimum absolute atomic E-state index is 0.0501. The van der Waals surface area contributed by atoms with E-state index in [2.05, 4.69) is 37.2 Å². The number of hydrogen-bond donors (Lipinski definition) is 0. The fourth-order valence-corrected chi connectivity index (χ4v) is 8.22. The fourth-order valence-electron chi connectivity index (χ4n) is 6.49. The van der Waals surface area contributed by atoms with Gasteiger partial charge in [0, 0.05) is 55.2 Å². The number of benzene rings is 3. The van der Waals surface area contributed by atoms with Crippen LogP contribution in [0.25, 0.3) is 5.69 Å². The Morgan fingerprint density at radius 2 is 1.54 bits per heavy atom. The number of aryl methyl sites for hydroxylation is 1. The highest BCUT2D eigenvalue weighted by Gasteiger charge is 2.48. The van der Waals surface area contributed by atoms with Gasteiger partial charge in [-0.2, -0.15) is 5.10 Å². The van der Waals surface area contributed by atoms with Crippen LogP contribution in [-0.2, 0) is 32.1 Å². The van der Waals surface area contributed by atoms with E-state index in [1.165, 1.54) is 15.6 Å². The molecule has 52 heavy (non-hydrogen) atoms. The maximum absolute atomic E-state index is 13.4. The molecular weight excluding hydrogens is 708 g/mol. The van der Waals surface area contributed by atoms with Crippen molar-refractivity contribution in [2.75, 3.05) is 54.9 Å². The van der Waals surface area contributed by atoms with Crippen molar-refractivity contribution in [2.45, 2.75) is 43.4 Å². The van der Waals surface area contributed by atoms with Gasteiger partial charge in [-0.15, -0.1) is 10.2 Å². The first-order valence-corrected chi connectivity index (χ1v) is 19.2. The van der Waals surface area contributed by atoms with Gasteiger partial charge in [0.15, 0.2) is 0 Å². The van der Waals surface area contributed by atoms with Crippen molar-refractivity contribution in [1.82, 2.24) is 29.1 Å². The molecule has 16 heteroatoms. The van der Waals surface area contributed by atoms with Crippen molar-refractivity contribution in [3.63, 3.8) is 0 Å². The molecule has 0 radical (unpaired) electrons. The van der Waals surface area contributed by atoms with Gasteiger partial charge in [-0.05, 0) is 74.0 Å². The highest BCUT2D eigenvalue weighted by molar-refractivity contribution is 7.91. The lowest BCUT2D eigenvalue weighted by molar-refractivity contribution is -0.161. The molecule has 2 aliphatic rings. The van der Waals surface area contributed by atoms with Crippen LogP contribution in [0.4, 0.5) is 11.4 Å². The molecule has 2 aliphatic heterocycles. The Balaban J connectivity index is 0.937. The Bertz CT molecular complexity index is 2150. The third-order valence-electron chi connectivity index (χ3n) is 9.58. The standard InChI is InChI=1S/C36H41ClN8O6S/c1-4-26(2)45-35(46)44(25-39-45)31-11-9-29(10-12-31)42-17-19-43(20-18-42)30-13-15-32(16-14-30)49-21-33-22-50-36(51-33,27-5-7-28(37)8-6-27)23-52(47,48)34-40-38-24-41(34)3/h5-16,24-26,33H,4,17-23H2,1-3H3/t26?,33-,36-/m1/s1. The third kappa shape index (κ3) is 7.31. The maximum Gasteiger partial charge on any atom is 0.350 e. The van der Waals surface area contributed by atoms with Gasteiger partial charge in [0.2, 0.25) is 20.8 Å². The zero-order chi connectivity index (χ0) is 36.5. The molecule has 2 saturated heterocycles. The van der Waals surface area contributed by atoms with E-state index in [0.29, 0.717) is 16.3 Å². The third-order valence-corrected chi connectivity index (χ3v) is 11.5. The molecule has 274 valence electrons. The summed E-state index contributed by atoms with van der Waals surface area (Å²) in [4.78, 5) is 17.5. The highest BCUT2D eigenvalue weighted by Crippen LogP contribution is 2.38. The molecule has 0 bridgehead atoms. The number of nitrogens with zero attached hydrogens (tertiary/aromatic N) is 8. The predicted octanol–water partition coefficient (Wildman–Crippen LogP) is 4.23. The normalized spacial score (nSPS) is 20.0. The summed E-state index contributed by atoms with van der Waals surface area (Å²) in [6.45, 7) is 7.71. The molecule has 14 nitrogen and oxygen atoms in total. The first kappa shape index (κ1) is 35.7. The molecule has 7 rings (SSSR count). The van der Waals surface area contributed by atoms with Gasteiger partial charge in [-0.3, -0.25) is 0 Å². The van der Waals surface area contributed by atoms with Crippen molar-refractivity contribution in [3.8, 4) is 11.4 Å². The van der Waals surface area contributed by atoms with Gasteiger partial charge in [-0.1, -0.05) is 30.7 Å². The van der Waals surface area contributed by atoms with Gasteiger partial charge in [0.25, 0.3) is 0 Å². The smallest absolute Gasteiger partial charge is 0.350 e. The van der Waals surface area contributed by atoms with E-state index < -0.39 is 27.5 Å². The van der Waals surface area contributed by atoms with E-state index >= 15 is 0 Å². The van der Waals surface area contributed by atoms with Gasteiger partial charge in [-0.25, -0.2) is 22.5 Å². The van der Waals surface area contributed by atoms with E-state index in [1.54, 1.807) is 42.2 Å². The van der Waals surface area contributed by atoms with E-state index in [4.69, 9.17) is 25.8 Å². The summed E-state index contributed by atoms with van der Waals surface area (Å²) in [6.07, 6.45) is 3.22. The van der Waals surface area contributed by atoms with Crippen molar-refractivity contribution >= 4 is 32.8 Å². The summed E-state index contributed by atoms with van der Waals surface area (Å²) < 4.78 is 49.8. The predicted molar refractivity (Wildman–Crippen MR) is 196 cm³/mol. The van der Waals surface area contributed by atoms with E-state index in [0.717, 1.165) is 49.7 Å². The topological polar surface area (TPSA) is 139 Å². The number of aromatic nitrogens is 6. The summed E-state index contributed by atoms with van der Waals surface area (Å²) in [5, 5.41) is 12.1. The second kappa shape index (κ2) is 14.7. The Morgan fingerprint density at radius 1 is 0.923 bits per heavy atom. The minimum atomic E-state index is -3.95. The van der Waals surface area contributed by atoms with Crippen LogP contribution in [0.2, 0.25) is 5.02 Å². The average Bonchev–Trinajstić information content (AvgIpc) is 3.90. The largest absolute Gasteiger partial charge is 0.491 e.